The van der Waals surface area contributed by atoms with Crippen LogP contribution in [0.25, 0.3) is 0 Å². The van der Waals surface area contributed by atoms with Gasteiger partial charge < -0.3 is 4.43 Å². The van der Waals surface area contributed by atoms with Gasteiger partial charge in [0.05, 0.1) is 22.8 Å². The maximum Gasteiger partial charge on any atom is 0.157 e. The van der Waals surface area contributed by atoms with Crippen molar-refractivity contribution in [1.82, 2.24) is 0 Å². The summed E-state index contributed by atoms with van der Waals surface area (Å²) in [5.41, 5.74) is 0. The van der Waals surface area contributed by atoms with Crippen LogP contribution in [0.5, 0.6) is 0 Å². The number of hydrogen-bond acceptors (Lipinski definition) is 1. The van der Waals surface area contributed by atoms with Crippen LogP contribution in [0.3, 0.4) is 0 Å². The topological polar surface area (TPSA) is 9.23 Å². The molecule has 0 aromatic rings. The fourth-order valence-corrected chi connectivity index (χ4v) is 98.9. The molecule has 0 aliphatic rings. The molecular weight excluding hydrogens is 260 g/mol. The van der Waals surface area contributed by atoms with E-state index in [9.17, 15) is 0 Å². The van der Waals surface area contributed by atoms with Crippen molar-refractivity contribution >= 4 is 29.6 Å². The molecule has 0 radical (unpaired) electrons. The SMILES string of the molecule is CCO[Si]([Si](C)(C)C)([Si](C)(C)C)[Si](C)(C)C. The lowest BCUT2D eigenvalue weighted by Gasteiger charge is -2.56. The first-order valence-corrected chi connectivity index (χ1v) is 21.9. The second kappa shape index (κ2) is 4.83. The van der Waals surface area contributed by atoms with Crippen molar-refractivity contribution in [1.29, 1.82) is 0 Å². The van der Waals surface area contributed by atoms with Gasteiger partial charge in [-0.2, -0.15) is 0 Å². The summed E-state index contributed by atoms with van der Waals surface area (Å²) in [5, 5.41) is 0. The standard InChI is InChI=1S/C11H32OSi4/c1-11-12-16(13(2,3)4,14(5,6)7)15(8,9)10/h11H2,1-10H3. The fraction of sp³-hybridized carbons (Fsp3) is 1.00. The van der Waals surface area contributed by atoms with Gasteiger partial charge >= 0.3 is 0 Å². The highest BCUT2D eigenvalue weighted by Gasteiger charge is 2.63. The molecule has 98 valence electrons. The molecule has 0 amide bonds. The van der Waals surface area contributed by atoms with Crippen molar-refractivity contribution in [2.45, 2.75) is 65.8 Å². The van der Waals surface area contributed by atoms with E-state index < -0.39 is 29.6 Å². The summed E-state index contributed by atoms with van der Waals surface area (Å²) in [6, 6.07) is 0. The Balaban J connectivity index is 5.82. The fourth-order valence-electron chi connectivity index (χ4n) is 4.24. The van der Waals surface area contributed by atoms with Gasteiger partial charge in [-0.15, -0.1) is 0 Å². The molecule has 0 aromatic heterocycles. The van der Waals surface area contributed by atoms with Crippen molar-refractivity contribution in [3.63, 3.8) is 0 Å². The molecule has 0 saturated heterocycles. The molecule has 0 rings (SSSR count). The van der Waals surface area contributed by atoms with E-state index in [-0.39, 0.29) is 0 Å². The average Bonchev–Trinajstić information content (AvgIpc) is 1.91. The highest BCUT2D eigenvalue weighted by Crippen LogP contribution is 2.37. The maximum absolute atomic E-state index is 6.65. The van der Waals surface area contributed by atoms with Crippen molar-refractivity contribution in [2.24, 2.45) is 0 Å². The summed E-state index contributed by atoms with van der Waals surface area (Å²) in [6.07, 6.45) is 0. The molecule has 0 aliphatic heterocycles. The summed E-state index contributed by atoms with van der Waals surface area (Å²) in [5.74, 6) is 0. The van der Waals surface area contributed by atoms with Gasteiger partial charge in [0.2, 0.25) is 0 Å². The highest BCUT2D eigenvalue weighted by atomic mass is 29.9. The molecule has 0 atom stereocenters. The lowest BCUT2D eigenvalue weighted by atomic mass is 10.9. The number of rotatable bonds is 5. The molecule has 0 unspecified atom stereocenters. The lowest BCUT2D eigenvalue weighted by Crippen LogP contribution is -2.84. The second-order valence-electron chi connectivity index (χ2n) is 7.86. The quantitative estimate of drug-likeness (QED) is 0.690. The Kier molecular flexibility index (Phi) is 5.08. The van der Waals surface area contributed by atoms with Crippen LogP contribution in [-0.4, -0.2) is 36.3 Å². The minimum atomic E-state index is -1.48. The van der Waals surface area contributed by atoms with Crippen LogP contribution in [0.2, 0.25) is 58.9 Å². The average molecular weight is 293 g/mol. The van der Waals surface area contributed by atoms with Crippen LogP contribution >= 0.6 is 0 Å². The Labute approximate surface area is 107 Å². The Morgan fingerprint density at radius 3 is 0.938 bits per heavy atom. The van der Waals surface area contributed by atoms with Crippen molar-refractivity contribution in [3.8, 4) is 0 Å². The van der Waals surface area contributed by atoms with Crippen LogP contribution < -0.4 is 0 Å². The Hall–Kier alpha value is 0.828. The van der Waals surface area contributed by atoms with E-state index in [0.717, 1.165) is 6.61 Å². The van der Waals surface area contributed by atoms with Crippen LogP contribution in [0.4, 0.5) is 0 Å². The largest absolute Gasteiger partial charge is 0.426 e. The molecule has 0 fully saturated rings. The Bertz CT molecular complexity index is 196. The molecule has 5 heteroatoms. The van der Waals surface area contributed by atoms with Crippen molar-refractivity contribution in [3.05, 3.63) is 0 Å². The Morgan fingerprint density at radius 2 is 0.875 bits per heavy atom. The predicted molar refractivity (Wildman–Crippen MR) is 87.4 cm³/mol. The Morgan fingerprint density at radius 1 is 0.625 bits per heavy atom. The number of hydrogen-bond donors (Lipinski definition) is 0. The highest BCUT2D eigenvalue weighted by molar-refractivity contribution is 7.87. The van der Waals surface area contributed by atoms with E-state index >= 15 is 0 Å². The van der Waals surface area contributed by atoms with Crippen LogP contribution in [0.1, 0.15) is 6.92 Å². The molecule has 0 heterocycles. The third kappa shape index (κ3) is 2.80. The molecule has 16 heavy (non-hydrogen) atoms. The third-order valence-electron chi connectivity index (χ3n) is 3.53. The van der Waals surface area contributed by atoms with E-state index in [1.807, 2.05) is 0 Å². The minimum Gasteiger partial charge on any atom is -0.426 e. The van der Waals surface area contributed by atoms with Gasteiger partial charge in [-0.05, 0) is 6.92 Å². The molecule has 0 N–H and O–H groups in total. The molecule has 0 saturated carbocycles. The monoisotopic (exact) mass is 292 g/mol. The van der Waals surface area contributed by atoms with Crippen LogP contribution in [0.15, 0.2) is 0 Å². The first-order valence-electron chi connectivity index (χ1n) is 6.45. The first-order chi connectivity index (χ1) is 6.81. The zero-order valence-electron chi connectivity index (χ0n) is 13.1. The van der Waals surface area contributed by atoms with E-state index in [4.69, 9.17) is 4.43 Å². The summed E-state index contributed by atoms with van der Waals surface area (Å²) < 4.78 is 6.65. The van der Waals surface area contributed by atoms with Crippen LogP contribution in [-0.2, 0) is 4.43 Å². The smallest absolute Gasteiger partial charge is 0.157 e. The zero-order chi connectivity index (χ0) is 13.4. The third-order valence-corrected chi connectivity index (χ3v) is 71.4. The predicted octanol–water partition coefficient (Wildman–Crippen LogP) is 4.22. The van der Waals surface area contributed by atoms with E-state index in [1.54, 1.807) is 0 Å². The molecule has 0 aliphatic carbocycles. The molecule has 0 bridgehead atoms. The maximum atomic E-state index is 6.65. The van der Waals surface area contributed by atoms with Gasteiger partial charge in [0.25, 0.3) is 0 Å². The summed E-state index contributed by atoms with van der Waals surface area (Å²) >= 11 is 0. The van der Waals surface area contributed by atoms with Gasteiger partial charge in [0.1, 0.15) is 0 Å². The molecular formula is C11H32OSi4. The minimum absolute atomic E-state index is 0.936. The van der Waals surface area contributed by atoms with Gasteiger partial charge in [-0.3, -0.25) is 0 Å². The summed E-state index contributed by atoms with van der Waals surface area (Å²) in [4.78, 5) is 0. The van der Waals surface area contributed by atoms with Gasteiger partial charge in [-0.1, -0.05) is 58.9 Å². The second-order valence-corrected chi connectivity index (χ2v) is 47.4. The van der Waals surface area contributed by atoms with Crippen LogP contribution in [0, 0.1) is 0 Å². The first kappa shape index (κ1) is 16.8. The molecule has 0 spiro atoms. The van der Waals surface area contributed by atoms with Gasteiger partial charge in [0, 0.05) is 6.61 Å². The van der Waals surface area contributed by atoms with E-state index in [2.05, 4.69) is 65.8 Å². The van der Waals surface area contributed by atoms with E-state index in [0.29, 0.717) is 0 Å². The summed E-state index contributed by atoms with van der Waals surface area (Å²) in [6.45, 7) is 24.7. The van der Waals surface area contributed by atoms with E-state index in [1.165, 1.54) is 0 Å². The van der Waals surface area contributed by atoms with Crippen molar-refractivity contribution < 1.29 is 4.43 Å². The van der Waals surface area contributed by atoms with Gasteiger partial charge in [-0.25, -0.2) is 0 Å². The lowest BCUT2D eigenvalue weighted by molar-refractivity contribution is 0.354. The molecule has 1 nitrogen and oxygen atoms in total. The van der Waals surface area contributed by atoms with Crippen molar-refractivity contribution in [2.75, 3.05) is 6.61 Å². The summed E-state index contributed by atoms with van der Waals surface area (Å²) in [7, 11) is -3.57. The zero-order valence-corrected chi connectivity index (χ0v) is 17.1. The van der Waals surface area contributed by atoms with Gasteiger partial charge in [0.15, 0.2) is 6.87 Å². The molecule has 0 aromatic carbocycles. The normalized spacial score (nSPS) is 15.4.